The number of nitrogens with zero attached hydrogens (tertiary/aromatic N) is 2. The van der Waals surface area contributed by atoms with Gasteiger partial charge in [-0.1, -0.05) is 36.7 Å². The van der Waals surface area contributed by atoms with Crippen molar-refractivity contribution in [1.29, 1.82) is 0 Å². The minimum Gasteiger partial charge on any atom is -0.495 e. The Bertz CT molecular complexity index is 710. The highest BCUT2D eigenvalue weighted by molar-refractivity contribution is 7.98. The van der Waals surface area contributed by atoms with Crippen LogP contribution in [0.25, 0.3) is 0 Å². The van der Waals surface area contributed by atoms with Gasteiger partial charge in [0.05, 0.1) is 23.4 Å². The summed E-state index contributed by atoms with van der Waals surface area (Å²) < 4.78 is 5.10. The summed E-state index contributed by atoms with van der Waals surface area (Å²) in [6, 6.07) is 5.09. The molecule has 1 N–H and O–H groups in total. The number of carbonyl (C=O) groups excluding carboxylic acids is 1. The van der Waals surface area contributed by atoms with Crippen LogP contribution in [-0.2, 0) is 6.42 Å². The second-order valence-corrected chi connectivity index (χ2v) is 5.95. The zero-order chi connectivity index (χ0) is 16.8. The predicted octanol–water partition coefficient (Wildman–Crippen LogP) is 4.07. The third kappa shape index (κ3) is 4.36. The summed E-state index contributed by atoms with van der Waals surface area (Å²) in [5.74, 6) is 0.311. The summed E-state index contributed by atoms with van der Waals surface area (Å²) in [6.07, 6.45) is 5.11. The van der Waals surface area contributed by atoms with Gasteiger partial charge >= 0.3 is 0 Å². The highest BCUT2D eigenvalue weighted by Gasteiger charge is 2.15. The van der Waals surface area contributed by atoms with Gasteiger partial charge in [0.2, 0.25) is 0 Å². The lowest BCUT2D eigenvalue weighted by Crippen LogP contribution is -2.16. The molecule has 0 radical (unpaired) electrons. The van der Waals surface area contributed by atoms with E-state index >= 15 is 0 Å². The van der Waals surface area contributed by atoms with Gasteiger partial charge in [-0.2, -0.15) is 0 Å². The molecule has 23 heavy (non-hydrogen) atoms. The number of rotatable bonds is 6. The lowest BCUT2D eigenvalue weighted by Gasteiger charge is -2.11. The first-order valence-corrected chi connectivity index (χ1v) is 8.74. The maximum atomic E-state index is 12.5. The number of halogens is 1. The average molecular weight is 352 g/mol. The molecule has 2 aromatic rings. The SMILES string of the molecule is CCCc1nc(SC)ncc1C(=O)Nc1ccc(OC)c(Cl)c1. The second-order valence-electron chi connectivity index (χ2n) is 4.77. The molecule has 1 amide bonds. The van der Waals surface area contributed by atoms with Gasteiger partial charge in [-0.15, -0.1) is 0 Å². The third-order valence-electron chi connectivity index (χ3n) is 3.17. The van der Waals surface area contributed by atoms with Crippen molar-refractivity contribution in [3.63, 3.8) is 0 Å². The highest BCUT2D eigenvalue weighted by Crippen LogP contribution is 2.27. The van der Waals surface area contributed by atoms with E-state index in [9.17, 15) is 4.79 Å². The molecular weight excluding hydrogens is 334 g/mol. The smallest absolute Gasteiger partial charge is 0.259 e. The number of aromatic nitrogens is 2. The van der Waals surface area contributed by atoms with Crippen molar-refractivity contribution in [2.75, 3.05) is 18.7 Å². The molecule has 1 aromatic carbocycles. The molecule has 0 spiro atoms. The van der Waals surface area contributed by atoms with Crippen molar-refractivity contribution in [1.82, 2.24) is 9.97 Å². The number of amides is 1. The van der Waals surface area contributed by atoms with Crippen LogP contribution in [0.15, 0.2) is 29.6 Å². The number of methoxy groups -OCH3 is 1. The number of carbonyl (C=O) groups is 1. The van der Waals surface area contributed by atoms with Crippen LogP contribution in [0.2, 0.25) is 5.02 Å². The Hall–Kier alpha value is -1.79. The molecule has 0 fully saturated rings. The zero-order valence-corrected chi connectivity index (χ0v) is 14.8. The second kappa shape index (κ2) is 8.17. The molecule has 0 saturated heterocycles. The van der Waals surface area contributed by atoms with Gasteiger partial charge in [0.25, 0.3) is 5.91 Å². The van der Waals surface area contributed by atoms with E-state index in [1.165, 1.54) is 11.8 Å². The fraction of sp³-hybridized carbons (Fsp3) is 0.312. The minimum absolute atomic E-state index is 0.248. The number of hydrogen-bond donors (Lipinski definition) is 1. The van der Waals surface area contributed by atoms with Gasteiger partial charge in [0.1, 0.15) is 5.75 Å². The monoisotopic (exact) mass is 351 g/mol. The standard InChI is InChI=1S/C16H18ClN3O2S/c1-4-5-13-11(9-18-16(20-13)23-3)15(21)19-10-6-7-14(22-2)12(17)8-10/h6-9H,4-5H2,1-3H3,(H,19,21). The summed E-state index contributed by atoms with van der Waals surface area (Å²) in [6.45, 7) is 2.05. The van der Waals surface area contributed by atoms with E-state index in [4.69, 9.17) is 16.3 Å². The molecule has 0 bridgehead atoms. The summed E-state index contributed by atoms with van der Waals surface area (Å²) in [5.41, 5.74) is 1.83. The zero-order valence-electron chi connectivity index (χ0n) is 13.2. The van der Waals surface area contributed by atoms with Crippen LogP contribution in [0.1, 0.15) is 29.4 Å². The normalized spacial score (nSPS) is 10.4. The number of anilines is 1. The molecule has 5 nitrogen and oxygen atoms in total. The van der Waals surface area contributed by atoms with E-state index in [0.29, 0.717) is 27.2 Å². The molecule has 2 rings (SSSR count). The van der Waals surface area contributed by atoms with Crippen LogP contribution in [0.4, 0.5) is 5.69 Å². The van der Waals surface area contributed by atoms with Crippen molar-refractivity contribution < 1.29 is 9.53 Å². The minimum atomic E-state index is -0.248. The van der Waals surface area contributed by atoms with Crippen molar-refractivity contribution in [3.05, 3.63) is 40.7 Å². The summed E-state index contributed by atoms with van der Waals surface area (Å²) in [5, 5.41) is 3.92. The van der Waals surface area contributed by atoms with Crippen LogP contribution >= 0.6 is 23.4 Å². The van der Waals surface area contributed by atoms with Crippen molar-refractivity contribution in [3.8, 4) is 5.75 Å². The predicted molar refractivity (Wildman–Crippen MR) is 93.8 cm³/mol. The van der Waals surface area contributed by atoms with E-state index in [1.54, 1.807) is 31.5 Å². The molecule has 0 aliphatic rings. The molecule has 1 aromatic heterocycles. The highest BCUT2D eigenvalue weighted by atomic mass is 35.5. The van der Waals surface area contributed by atoms with Crippen molar-refractivity contribution in [2.45, 2.75) is 24.9 Å². The number of nitrogens with one attached hydrogen (secondary N) is 1. The van der Waals surface area contributed by atoms with Gasteiger partial charge in [-0.25, -0.2) is 9.97 Å². The van der Waals surface area contributed by atoms with E-state index in [-0.39, 0.29) is 5.91 Å². The first-order chi connectivity index (χ1) is 11.1. The fourth-order valence-electron chi connectivity index (χ4n) is 2.06. The van der Waals surface area contributed by atoms with E-state index < -0.39 is 0 Å². The molecule has 0 saturated carbocycles. The molecule has 0 aliphatic carbocycles. The van der Waals surface area contributed by atoms with Crippen LogP contribution in [0.3, 0.4) is 0 Å². The summed E-state index contributed by atoms with van der Waals surface area (Å²) in [4.78, 5) is 21.1. The third-order valence-corrected chi connectivity index (χ3v) is 4.03. The van der Waals surface area contributed by atoms with Gasteiger partial charge < -0.3 is 10.1 Å². The Morgan fingerprint density at radius 2 is 2.22 bits per heavy atom. The quantitative estimate of drug-likeness (QED) is 0.628. The largest absolute Gasteiger partial charge is 0.495 e. The lowest BCUT2D eigenvalue weighted by atomic mass is 10.1. The van der Waals surface area contributed by atoms with E-state index in [1.807, 2.05) is 13.2 Å². The Balaban J connectivity index is 2.24. The molecule has 122 valence electrons. The van der Waals surface area contributed by atoms with Crippen LogP contribution in [0, 0.1) is 0 Å². The van der Waals surface area contributed by atoms with Gasteiger partial charge in [-0.3, -0.25) is 4.79 Å². The molecule has 0 aliphatic heterocycles. The van der Waals surface area contributed by atoms with Crippen molar-refractivity contribution >= 4 is 35.0 Å². The molecule has 0 unspecified atom stereocenters. The van der Waals surface area contributed by atoms with E-state index in [2.05, 4.69) is 15.3 Å². The number of hydrogen-bond acceptors (Lipinski definition) is 5. The first kappa shape index (κ1) is 17.6. The molecular formula is C16H18ClN3O2S. The van der Waals surface area contributed by atoms with Gasteiger partial charge in [0, 0.05) is 11.9 Å². The summed E-state index contributed by atoms with van der Waals surface area (Å²) >= 11 is 7.53. The summed E-state index contributed by atoms with van der Waals surface area (Å²) in [7, 11) is 1.54. The Morgan fingerprint density at radius 1 is 1.43 bits per heavy atom. The van der Waals surface area contributed by atoms with Crippen molar-refractivity contribution in [2.24, 2.45) is 0 Å². The molecule has 0 atom stereocenters. The number of aryl methyl sites for hydroxylation is 1. The molecule has 1 heterocycles. The number of benzene rings is 1. The topological polar surface area (TPSA) is 64.1 Å². The number of ether oxygens (including phenoxy) is 1. The van der Waals surface area contributed by atoms with Crippen LogP contribution in [-0.4, -0.2) is 29.2 Å². The van der Waals surface area contributed by atoms with Gasteiger partial charge in [0.15, 0.2) is 5.16 Å². The Labute approximate surface area is 144 Å². The first-order valence-electron chi connectivity index (χ1n) is 7.13. The maximum absolute atomic E-state index is 12.5. The molecule has 7 heteroatoms. The Kier molecular flexibility index (Phi) is 6.24. The van der Waals surface area contributed by atoms with Crippen LogP contribution < -0.4 is 10.1 Å². The maximum Gasteiger partial charge on any atom is 0.259 e. The fourth-order valence-corrected chi connectivity index (χ4v) is 2.67. The van der Waals surface area contributed by atoms with E-state index in [0.717, 1.165) is 18.5 Å². The van der Waals surface area contributed by atoms with Crippen LogP contribution in [0.5, 0.6) is 5.75 Å². The van der Waals surface area contributed by atoms with Gasteiger partial charge in [-0.05, 0) is 30.9 Å². The lowest BCUT2D eigenvalue weighted by molar-refractivity contribution is 0.102. The Morgan fingerprint density at radius 3 is 2.83 bits per heavy atom. The number of thioether (sulfide) groups is 1. The average Bonchev–Trinajstić information content (AvgIpc) is 2.55.